The summed E-state index contributed by atoms with van der Waals surface area (Å²) < 4.78 is 33.6. The standard InChI is InChI=1S/C12H20F2N2O7/c1-4(18)16-7-9(20)8(19)6(3-17)23-10(7)12(13,14)2-5(15)11(21)22/h5-10,17,19-20H,2-3,15H2,1H3,(H,16,18)(H,21,22)/t5-,6+,7+,8-,9+,10-/m0/s1. The number of aliphatic carboxylic acids is 1. The number of aliphatic hydroxyl groups is 3. The van der Waals surface area contributed by atoms with Gasteiger partial charge < -0.3 is 36.2 Å². The second-order valence-electron chi connectivity index (χ2n) is 5.40. The SMILES string of the molecule is CC(=O)N[C@@H]1[C@@H](O)[C@@H](O)[C@@H](CO)O[C@@H]1C(F)(F)C[C@H](N)C(=O)O. The highest BCUT2D eigenvalue weighted by Gasteiger charge is 2.55. The molecular formula is C12H20F2N2O7. The first kappa shape index (κ1) is 19.6. The van der Waals surface area contributed by atoms with Crippen LogP contribution < -0.4 is 11.1 Å². The molecule has 1 fully saturated rings. The molecule has 9 nitrogen and oxygen atoms in total. The summed E-state index contributed by atoms with van der Waals surface area (Å²) in [6.45, 7) is 0.151. The number of carboxylic acids is 1. The van der Waals surface area contributed by atoms with Crippen molar-refractivity contribution in [2.75, 3.05) is 6.61 Å². The second kappa shape index (κ2) is 7.45. The summed E-state index contributed by atoms with van der Waals surface area (Å²) in [6, 6.07) is -3.61. The quantitative estimate of drug-likeness (QED) is 0.306. The molecule has 134 valence electrons. The van der Waals surface area contributed by atoms with Crippen molar-refractivity contribution in [3.8, 4) is 0 Å². The maximum atomic E-state index is 14.3. The monoisotopic (exact) mass is 342 g/mol. The van der Waals surface area contributed by atoms with E-state index >= 15 is 0 Å². The van der Waals surface area contributed by atoms with Crippen molar-refractivity contribution in [1.82, 2.24) is 5.32 Å². The third-order valence-corrected chi connectivity index (χ3v) is 3.52. The first-order valence-electron chi connectivity index (χ1n) is 6.77. The molecule has 7 N–H and O–H groups in total. The van der Waals surface area contributed by atoms with Gasteiger partial charge in [-0.2, -0.15) is 0 Å². The molecule has 0 bridgehead atoms. The predicted molar refractivity (Wildman–Crippen MR) is 70.5 cm³/mol. The fraction of sp³-hybridized carbons (Fsp3) is 0.833. The van der Waals surface area contributed by atoms with Gasteiger partial charge >= 0.3 is 5.97 Å². The number of alkyl halides is 2. The number of rotatable bonds is 6. The number of carbonyl (C=O) groups is 2. The highest BCUT2D eigenvalue weighted by atomic mass is 19.3. The molecule has 0 aliphatic carbocycles. The van der Waals surface area contributed by atoms with E-state index in [1.165, 1.54) is 0 Å². The van der Waals surface area contributed by atoms with Crippen molar-refractivity contribution in [3.05, 3.63) is 0 Å². The molecule has 1 saturated heterocycles. The molecule has 0 radical (unpaired) electrons. The van der Waals surface area contributed by atoms with Gasteiger partial charge in [-0.25, -0.2) is 8.78 Å². The summed E-state index contributed by atoms with van der Waals surface area (Å²) in [4.78, 5) is 21.8. The lowest BCUT2D eigenvalue weighted by Gasteiger charge is -2.45. The molecule has 0 aromatic rings. The average molecular weight is 342 g/mol. The normalized spacial score (nSPS) is 33.1. The Balaban J connectivity index is 3.08. The van der Waals surface area contributed by atoms with Crippen LogP contribution in [0.3, 0.4) is 0 Å². The second-order valence-corrected chi connectivity index (χ2v) is 5.40. The molecule has 6 atom stereocenters. The van der Waals surface area contributed by atoms with Crippen LogP contribution in [-0.2, 0) is 14.3 Å². The Hall–Kier alpha value is -1.40. The Kier molecular flexibility index (Phi) is 6.36. The molecule has 0 aromatic heterocycles. The highest BCUT2D eigenvalue weighted by molar-refractivity contribution is 5.74. The van der Waals surface area contributed by atoms with Gasteiger partial charge in [-0.05, 0) is 0 Å². The van der Waals surface area contributed by atoms with Gasteiger partial charge in [0.15, 0.2) is 0 Å². The van der Waals surface area contributed by atoms with Crippen LogP contribution in [0.2, 0.25) is 0 Å². The molecule has 11 heteroatoms. The molecule has 1 aliphatic rings. The van der Waals surface area contributed by atoms with E-state index < -0.39 is 67.3 Å². The zero-order chi connectivity index (χ0) is 17.9. The molecule has 23 heavy (non-hydrogen) atoms. The van der Waals surface area contributed by atoms with Crippen LogP contribution in [0.4, 0.5) is 8.78 Å². The maximum Gasteiger partial charge on any atom is 0.320 e. The van der Waals surface area contributed by atoms with E-state index in [2.05, 4.69) is 0 Å². The van der Waals surface area contributed by atoms with Crippen molar-refractivity contribution in [1.29, 1.82) is 0 Å². The first-order valence-corrected chi connectivity index (χ1v) is 6.77. The van der Waals surface area contributed by atoms with Crippen LogP contribution in [0.5, 0.6) is 0 Å². The minimum atomic E-state index is -3.85. The van der Waals surface area contributed by atoms with Crippen LogP contribution in [0, 0.1) is 0 Å². The number of carboxylic acid groups (broad SMARTS) is 1. The van der Waals surface area contributed by atoms with E-state index in [1.54, 1.807) is 0 Å². The van der Waals surface area contributed by atoms with Crippen molar-refractivity contribution >= 4 is 11.9 Å². The molecule has 0 unspecified atom stereocenters. The van der Waals surface area contributed by atoms with Gasteiger partial charge in [-0.15, -0.1) is 0 Å². The third-order valence-electron chi connectivity index (χ3n) is 3.52. The van der Waals surface area contributed by atoms with Crippen molar-refractivity contribution < 1.29 is 43.5 Å². The number of hydrogen-bond acceptors (Lipinski definition) is 7. The zero-order valence-electron chi connectivity index (χ0n) is 12.2. The van der Waals surface area contributed by atoms with Crippen LogP contribution in [-0.4, -0.2) is 81.3 Å². The van der Waals surface area contributed by atoms with Crippen molar-refractivity contribution in [3.63, 3.8) is 0 Å². The molecule has 0 spiro atoms. The number of amides is 1. The lowest BCUT2D eigenvalue weighted by atomic mass is 9.87. The van der Waals surface area contributed by atoms with Crippen LogP contribution in [0.15, 0.2) is 0 Å². The zero-order valence-corrected chi connectivity index (χ0v) is 12.2. The van der Waals surface area contributed by atoms with Gasteiger partial charge in [-0.1, -0.05) is 0 Å². The lowest BCUT2D eigenvalue weighted by Crippen LogP contribution is -2.68. The van der Waals surface area contributed by atoms with E-state index in [0.29, 0.717) is 0 Å². The molecule has 1 heterocycles. The van der Waals surface area contributed by atoms with E-state index in [0.717, 1.165) is 6.92 Å². The van der Waals surface area contributed by atoms with Crippen molar-refractivity contribution in [2.45, 2.75) is 55.8 Å². The molecule has 1 amide bonds. The summed E-state index contributed by atoms with van der Waals surface area (Å²) in [5.41, 5.74) is 5.10. The Morgan fingerprint density at radius 3 is 2.35 bits per heavy atom. The average Bonchev–Trinajstić information content (AvgIpc) is 2.43. The topological polar surface area (TPSA) is 162 Å². The fourth-order valence-corrected chi connectivity index (χ4v) is 2.37. The summed E-state index contributed by atoms with van der Waals surface area (Å²) in [7, 11) is 0. The largest absolute Gasteiger partial charge is 0.480 e. The summed E-state index contributed by atoms with van der Waals surface area (Å²) >= 11 is 0. The van der Waals surface area contributed by atoms with E-state index in [-0.39, 0.29) is 0 Å². The predicted octanol–water partition coefficient (Wildman–Crippen LogP) is -2.59. The van der Waals surface area contributed by atoms with Gasteiger partial charge in [0.1, 0.15) is 30.5 Å². The number of aliphatic hydroxyl groups excluding tert-OH is 3. The van der Waals surface area contributed by atoms with Crippen LogP contribution in [0.25, 0.3) is 0 Å². The molecule has 0 aromatic carbocycles. The van der Waals surface area contributed by atoms with Gasteiger partial charge in [-0.3, -0.25) is 9.59 Å². The van der Waals surface area contributed by atoms with Crippen LogP contribution in [0.1, 0.15) is 13.3 Å². The summed E-state index contributed by atoms with van der Waals surface area (Å²) in [5, 5.41) is 39.4. The number of ether oxygens (including phenoxy) is 1. The molecule has 0 saturated carbocycles. The van der Waals surface area contributed by atoms with Gasteiger partial charge in [0, 0.05) is 13.3 Å². The van der Waals surface area contributed by atoms with E-state index in [1.807, 2.05) is 5.32 Å². The smallest absolute Gasteiger partial charge is 0.320 e. The van der Waals surface area contributed by atoms with Crippen molar-refractivity contribution in [2.24, 2.45) is 5.73 Å². The third kappa shape index (κ3) is 4.54. The number of nitrogens with two attached hydrogens (primary N) is 1. The summed E-state index contributed by atoms with van der Waals surface area (Å²) in [6.07, 6.45) is -8.57. The Labute approximate surface area is 130 Å². The first-order chi connectivity index (χ1) is 10.5. The maximum absolute atomic E-state index is 14.3. The van der Waals surface area contributed by atoms with Crippen LogP contribution >= 0.6 is 0 Å². The molecule has 1 rings (SSSR count). The van der Waals surface area contributed by atoms with Gasteiger partial charge in [0.2, 0.25) is 5.91 Å². The van der Waals surface area contributed by atoms with Gasteiger partial charge in [0.25, 0.3) is 5.92 Å². The lowest BCUT2D eigenvalue weighted by molar-refractivity contribution is -0.253. The van der Waals surface area contributed by atoms with Gasteiger partial charge in [0.05, 0.1) is 12.6 Å². The minimum Gasteiger partial charge on any atom is -0.480 e. The molecular weight excluding hydrogens is 322 g/mol. The Bertz CT molecular complexity index is 451. The Morgan fingerprint density at radius 1 is 1.35 bits per heavy atom. The summed E-state index contributed by atoms with van der Waals surface area (Å²) in [5.74, 6) is -6.27. The number of halogens is 2. The highest BCUT2D eigenvalue weighted by Crippen LogP contribution is 2.35. The number of nitrogens with one attached hydrogen (secondary N) is 1. The van der Waals surface area contributed by atoms with E-state index in [4.69, 9.17) is 20.7 Å². The Morgan fingerprint density at radius 2 is 1.91 bits per heavy atom. The minimum absolute atomic E-state index is 0.768. The fourth-order valence-electron chi connectivity index (χ4n) is 2.37. The van der Waals surface area contributed by atoms with E-state index in [9.17, 15) is 28.6 Å². The molecule has 1 aliphatic heterocycles. The number of carbonyl (C=O) groups excluding carboxylic acids is 1. The number of hydrogen-bond donors (Lipinski definition) is 6.